The molecule has 2 saturated heterocycles. The second-order valence-corrected chi connectivity index (χ2v) is 8.14. The molecule has 0 radical (unpaired) electrons. The van der Waals surface area contributed by atoms with Crippen molar-refractivity contribution >= 4 is 23.5 Å². The van der Waals surface area contributed by atoms with Crippen LogP contribution >= 0.6 is 0 Å². The van der Waals surface area contributed by atoms with Crippen LogP contribution in [0.1, 0.15) is 22.3 Å². The highest BCUT2D eigenvalue weighted by molar-refractivity contribution is 6.22. The maximum Gasteiger partial charge on any atom is 0.335 e. The van der Waals surface area contributed by atoms with Gasteiger partial charge in [-0.15, -0.1) is 0 Å². The second kappa shape index (κ2) is 8.25. The summed E-state index contributed by atoms with van der Waals surface area (Å²) >= 11 is 0. The number of aromatic carboxylic acids is 1. The first-order valence-corrected chi connectivity index (χ1v) is 10.5. The Hall–Kier alpha value is -3.43. The fraction of sp³-hybridized carbons (Fsp3) is 0.348. The van der Waals surface area contributed by atoms with E-state index >= 15 is 0 Å². The number of hydrogen-bond acceptors (Lipinski definition) is 7. The van der Waals surface area contributed by atoms with Crippen LogP contribution in [0.2, 0.25) is 0 Å². The fourth-order valence-corrected chi connectivity index (χ4v) is 4.46. The summed E-state index contributed by atoms with van der Waals surface area (Å²) < 4.78 is 10.8. The normalized spacial score (nSPS) is 21.4. The highest BCUT2D eigenvalue weighted by atomic mass is 16.7. The molecule has 9 nitrogen and oxygen atoms in total. The summed E-state index contributed by atoms with van der Waals surface area (Å²) in [4.78, 5) is 42.2. The summed E-state index contributed by atoms with van der Waals surface area (Å²) in [5.41, 5.74) is 1.67. The first-order valence-electron chi connectivity index (χ1n) is 10.5. The van der Waals surface area contributed by atoms with Gasteiger partial charge in [-0.05, 0) is 42.0 Å². The number of fused-ring (bicyclic) bond motifs is 1. The summed E-state index contributed by atoms with van der Waals surface area (Å²) in [6.45, 7) is 4.01. The number of ether oxygens (including phenoxy) is 2. The average molecular weight is 437 g/mol. The molecule has 0 saturated carbocycles. The average Bonchev–Trinajstić information content (AvgIpc) is 3.38. The lowest BCUT2D eigenvalue weighted by Crippen LogP contribution is -2.52. The van der Waals surface area contributed by atoms with Gasteiger partial charge < -0.3 is 14.6 Å². The van der Waals surface area contributed by atoms with E-state index < -0.39 is 12.0 Å². The van der Waals surface area contributed by atoms with Gasteiger partial charge in [-0.3, -0.25) is 19.4 Å². The third-order valence-electron chi connectivity index (χ3n) is 6.19. The predicted octanol–water partition coefficient (Wildman–Crippen LogP) is 1.56. The monoisotopic (exact) mass is 437 g/mol. The van der Waals surface area contributed by atoms with Gasteiger partial charge in [0.25, 0.3) is 5.91 Å². The number of hydrogen-bond donors (Lipinski definition) is 1. The Morgan fingerprint density at radius 1 is 0.969 bits per heavy atom. The number of piperazine rings is 1. The van der Waals surface area contributed by atoms with Crippen LogP contribution in [0.5, 0.6) is 11.5 Å². The SMILES string of the molecule is O=C(O)c1ccc(N2C(=O)C[C@@H](N3CCN(Cc4ccc5c(c4)OCO5)CC3)C2=O)cc1. The van der Waals surface area contributed by atoms with Gasteiger partial charge in [0.1, 0.15) is 0 Å². The van der Waals surface area contributed by atoms with Gasteiger partial charge >= 0.3 is 5.97 Å². The molecule has 9 heteroatoms. The summed E-state index contributed by atoms with van der Waals surface area (Å²) in [5.74, 6) is -0.0157. The lowest BCUT2D eigenvalue weighted by atomic mass is 10.1. The molecule has 0 aliphatic carbocycles. The van der Waals surface area contributed by atoms with Crippen LogP contribution in [0.3, 0.4) is 0 Å². The minimum Gasteiger partial charge on any atom is -0.478 e. The van der Waals surface area contributed by atoms with E-state index in [1.165, 1.54) is 29.2 Å². The van der Waals surface area contributed by atoms with Crippen molar-refractivity contribution in [3.63, 3.8) is 0 Å². The summed E-state index contributed by atoms with van der Waals surface area (Å²) in [6.07, 6.45) is 0.141. The van der Waals surface area contributed by atoms with Crippen LogP contribution in [0.15, 0.2) is 42.5 Å². The number of nitrogens with zero attached hydrogens (tertiary/aromatic N) is 3. The largest absolute Gasteiger partial charge is 0.478 e. The predicted molar refractivity (Wildman–Crippen MR) is 114 cm³/mol. The van der Waals surface area contributed by atoms with Gasteiger partial charge in [0, 0.05) is 32.7 Å². The van der Waals surface area contributed by atoms with E-state index in [0.29, 0.717) is 18.8 Å². The minimum absolute atomic E-state index is 0.114. The van der Waals surface area contributed by atoms with Crippen molar-refractivity contribution < 1.29 is 29.0 Å². The zero-order valence-corrected chi connectivity index (χ0v) is 17.4. The smallest absolute Gasteiger partial charge is 0.335 e. The quantitative estimate of drug-likeness (QED) is 0.704. The molecule has 0 unspecified atom stereocenters. The zero-order valence-electron chi connectivity index (χ0n) is 17.4. The summed E-state index contributed by atoms with van der Waals surface area (Å²) in [7, 11) is 0. The van der Waals surface area contributed by atoms with Gasteiger partial charge in [-0.25, -0.2) is 9.69 Å². The Labute approximate surface area is 184 Å². The maximum absolute atomic E-state index is 13.0. The van der Waals surface area contributed by atoms with Crippen molar-refractivity contribution in [2.45, 2.75) is 19.0 Å². The molecule has 2 aromatic carbocycles. The second-order valence-electron chi connectivity index (χ2n) is 8.14. The minimum atomic E-state index is -1.05. The molecular formula is C23H23N3O6. The van der Waals surface area contributed by atoms with Gasteiger partial charge in [-0.1, -0.05) is 6.07 Å². The standard InChI is InChI=1S/C23H23N3O6/c27-21-12-18(22(28)26(21)17-4-2-16(3-5-17)23(29)30)25-9-7-24(8-10-25)13-15-1-6-19-20(11-15)32-14-31-19/h1-6,11,18H,7-10,12-14H2,(H,29,30)/t18-/m1/s1. The Balaban J connectivity index is 1.20. The Morgan fingerprint density at radius 3 is 2.41 bits per heavy atom. The lowest BCUT2D eigenvalue weighted by Gasteiger charge is -2.37. The highest BCUT2D eigenvalue weighted by Gasteiger charge is 2.43. The number of carbonyl (C=O) groups excluding carboxylic acids is 2. The molecule has 0 bridgehead atoms. The Bertz CT molecular complexity index is 1060. The number of carboxylic acid groups (broad SMARTS) is 1. The van der Waals surface area contributed by atoms with Crippen LogP contribution < -0.4 is 14.4 Å². The number of imide groups is 1. The van der Waals surface area contributed by atoms with Crippen molar-refractivity contribution in [2.75, 3.05) is 37.9 Å². The molecule has 2 aromatic rings. The van der Waals surface area contributed by atoms with E-state index in [-0.39, 0.29) is 30.6 Å². The zero-order chi connectivity index (χ0) is 22.2. The van der Waals surface area contributed by atoms with Gasteiger partial charge in [-0.2, -0.15) is 0 Å². The highest BCUT2D eigenvalue weighted by Crippen LogP contribution is 2.33. The summed E-state index contributed by atoms with van der Waals surface area (Å²) in [6, 6.07) is 11.3. The fourth-order valence-electron chi connectivity index (χ4n) is 4.46. The van der Waals surface area contributed by atoms with E-state index in [2.05, 4.69) is 9.80 Å². The van der Waals surface area contributed by atoms with Crippen LogP contribution in [-0.2, 0) is 16.1 Å². The number of amides is 2. The van der Waals surface area contributed by atoms with Crippen LogP contribution in [0.25, 0.3) is 0 Å². The Kier molecular flexibility index (Phi) is 5.28. The molecule has 166 valence electrons. The topological polar surface area (TPSA) is 99.6 Å². The van der Waals surface area contributed by atoms with E-state index in [9.17, 15) is 14.4 Å². The van der Waals surface area contributed by atoms with E-state index in [1.54, 1.807) is 0 Å². The number of anilines is 1. The van der Waals surface area contributed by atoms with Crippen molar-refractivity contribution in [3.8, 4) is 11.5 Å². The van der Waals surface area contributed by atoms with Crippen molar-refractivity contribution in [1.82, 2.24) is 9.80 Å². The van der Waals surface area contributed by atoms with Crippen LogP contribution in [-0.4, -0.2) is 71.7 Å². The van der Waals surface area contributed by atoms with Crippen LogP contribution in [0, 0.1) is 0 Å². The molecule has 1 atom stereocenters. The first-order chi connectivity index (χ1) is 15.5. The molecule has 2 fully saturated rings. The van der Waals surface area contributed by atoms with E-state index in [4.69, 9.17) is 14.6 Å². The third kappa shape index (κ3) is 3.80. The molecule has 0 aromatic heterocycles. The number of rotatable bonds is 5. The number of carboxylic acids is 1. The maximum atomic E-state index is 13.0. The van der Waals surface area contributed by atoms with Gasteiger partial charge in [0.15, 0.2) is 11.5 Å². The van der Waals surface area contributed by atoms with Gasteiger partial charge in [0.05, 0.1) is 23.7 Å². The Morgan fingerprint density at radius 2 is 1.69 bits per heavy atom. The van der Waals surface area contributed by atoms with Gasteiger partial charge in [0.2, 0.25) is 12.7 Å². The molecule has 32 heavy (non-hydrogen) atoms. The molecule has 1 N–H and O–H groups in total. The van der Waals surface area contributed by atoms with Crippen molar-refractivity contribution in [1.29, 1.82) is 0 Å². The van der Waals surface area contributed by atoms with Crippen molar-refractivity contribution in [2.24, 2.45) is 0 Å². The molecule has 3 aliphatic heterocycles. The lowest BCUT2D eigenvalue weighted by molar-refractivity contribution is -0.123. The van der Waals surface area contributed by atoms with E-state index in [0.717, 1.165) is 36.7 Å². The third-order valence-corrected chi connectivity index (χ3v) is 6.19. The molecule has 3 aliphatic rings. The number of carbonyl (C=O) groups is 3. The molecule has 3 heterocycles. The van der Waals surface area contributed by atoms with Crippen LogP contribution in [0.4, 0.5) is 5.69 Å². The first kappa shape index (κ1) is 20.5. The molecule has 0 spiro atoms. The van der Waals surface area contributed by atoms with Crippen molar-refractivity contribution in [3.05, 3.63) is 53.6 Å². The summed E-state index contributed by atoms with van der Waals surface area (Å²) in [5, 5.41) is 9.04. The number of benzene rings is 2. The molecule has 5 rings (SSSR count). The van der Waals surface area contributed by atoms with E-state index in [1.807, 2.05) is 18.2 Å². The molecular weight excluding hydrogens is 414 g/mol. The molecule has 2 amide bonds.